The smallest absolute Gasteiger partial charge is 0.420 e. The number of hydrogen-bond acceptors (Lipinski definition) is 7. The number of alkyl halides is 3. The highest BCUT2D eigenvalue weighted by atomic mass is 35.5. The summed E-state index contributed by atoms with van der Waals surface area (Å²) in [5, 5.41) is 17.4. The zero-order chi connectivity index (χ0) is 34.7. The summed E-state index contributed by atoms with van der Waals surface area (Å²) < 4.78 is 42.6. The van der Waals surface area contributed by atoms with Crippen molar-refractivity contribution in [1.29, 1.82) is 0 Å². The van der Waals surface area contributed by atoms with E-state index < -0.39 is 28.4 Å². The van der Waals surface area contributed by atoms with Gasteiger partial charge in [0, 0.05) is 57.3 Å². The number of piperidine rings is 2. The number of likely N-dealkylation sites (tertiary alicyclic amines) is 1. The van der Waals surface area contributed by atoms with Gasteiger partial charge in [0.2, 0.25) is 11.8 Å². The zero-order valence-electron chi connectivity index (χ0n) is 27.1. The van der Waals surface area contributed by atoms with Gasteiger partial charge in [0.25, 0.3) is 0 Å². The molecule has 1 atom stereocenters. The van der Waals surface area contributed by atoms with Crippen LogP contribution >= 0.6 is 11.6 Å². The van der Waals surface area contributed by atoms with E-state index >= 15 is 0 Å². The summed E-state index contributed by atoms with van der Waals surface area (Å²) in [7, 11) is 0. The highest BCUT2D eigenvalue weighted by molar-refractivity contribution is 6.32. The average molecular weight is 704 g/mol. The normalized spacial score (nSPS) is 19.3. The lowest BCUT2D eigenvalue weighted by Gasteiger charge is -2.41. The van der Waals surface area contributed by atoms with Crippen LogP contribution in [0.5, 0.6) is 5.75 Å². The second-order valence-corrected chi connectivity index (χ2v) is 13.5. The van der Waals surface area contributed by atoms with Crippen molar-refractivity contribution in [1.82, 2.24) is 34.8 Å². The lowest BCUT2D eigenvalue weighted by atomic mass is 9.92. The Bertz CT molecular complexity index is 1680. The van der Waals surface area contributed by atoms with Crippen molar-refractivity contribution >= 4 is 23.4 Å². The van der Waals surface area contributed by atoms with E-state index in [2.05, 4.69) is 20.3 Å². The predicted octanol–water partition coefficient (Wildman–Crippen LogP) is 3.92. The number of piperazine rings is 1. The second kappa shape index (κ2) is 14.9. The number of nitrogens with one attached hydrogen (secondary N) is 2. The Labute approximate surface area is 287 Å². The summed E-state index contributed by atoms with van der Waals surface area (Å²) in [5.74, 6) is -2.11. The minimum atomic E-state index is -4.85. The van der Waals surface area contributed by atoms with Crippen molar-refractivity contribution in [2.24, 2.45) is 5.92 Å². The summed E-state index contributed by atoms with van der Waals surface area (Å²) in [5.41, 5.74) is -0.721. The predicted molar refractivity (Wildman–Crippen MR) is 177 cm³/mol. The number of aromatic amines is 1. The number of phenols is 1. The maximum Gasteiger partial charge on any atom is 0.420 e. The Hall–Kier alpha value is -3.88. The van der Waals surface area contributed by atoms with E-state index in [0.29, 0.717) is 64.0 Å². The van der Waals surface area contributed by atoms with Crippen LogP contribution < -0.4 is 11.0 Å². The van der Waals surface area contributed by atoms with Gasteiger partial charge in [0.15, 0.2) is 5.82 Å². The Morgan fingerprint density at radius 2 is 1.61 bits per heavy atom. The van der Waals surface area contributed by atoms with Crippen LogP contribution in [0.1, 0.15) is 49.3 Å². The molecule has 0 bridgehead atoms. The molecule has 1 aromatic heterocycles. The standard InChI is InChI=1S/C34H41ClF3N7O4/c35-28-20-22(19-27(30(28)47)34(36,37)38)18-24(32(48)44-16-14-42(15-17-44)25-6-10-39-11-7-25)21-29(46)43-12-8-26(9-13-43)45-33(49)40-31(41-45)23-4-2-1-3-5-23/h1-5,19-20,24-26,39,47H,6-18,21H2,(H,40,41,49)/t24-/m0/s1. The van der Waals surface area contributed by atoms with Gasteiger partial charge < -0.3 is 20.2 Å². The van der Waals surface area contributed by atoms with E-state index in [1.165, 1.54) is 10.7 Å². The third-order valence-electron chi connectivity index (χ3n) is 9.98. The van der Waals surface area contributed by atoms with Crippen molar-refractivity contribution in [3.63, 3.8) is 0 Å². The lowest BCUT2D eigenvalue weighted by Crippen LogP contribution is -2.55. The van der Waals surface area contributed by atoms with Gasteiger partial charge in [-0.2, -0.15) is 13.2 Å². The maximum absolute atomic E-state index is 14.0. The molecule has 264 valence electrons. The largest absolute Gasteiger partial charge is 0.506 e. The van der Waals surface area contributed by atoms with Gasteiger partial charge in [-0.1, -0.05) is 41.9 Å². The number of rotatable bonds is 8. The molecule has 2 amide bonds. The van der Waals surface area contributed by atoms with Crippen LogP contribution in [0.2, 0.25) is 5.02 Å². The van der Waals surface area contributed by atoms with Gasteiger partial charge >= 0.3 is 11.9 Å². The number of aromatic nitrogens is 3. The molecule has 0 unspecified atom stereocenters. The Kier molecular flexibility index (Phi) is 10.7. The number of benzene rings is 2. The van der Waals surface area contributed by atoms with E-state index in [1.54, 1.807) is 9.80 Å². The molecule has 49 heavy (non-hydrogen) atoms. The van der Waals surface area contributed by atoms with Crippen LogP contribution in [-0.4, -0.2) is 105 Å². The van der Waals surface area contributed by atoms with E-state index in [1.807, 2.05) is 30.3 Å². The van der Waals surface area contributed by atoms with Crippen molar-refractivity contribution in [3.8, 4) is 17.1 Å². The molecule has 0 aliphatic carbocycles. The number of carbonyl (C=O) groups excluding carboxylic acids is 2. The molecule has 3 aliphatic rings. The third kappa shape index (κ3) is 8.13. The van der Waals surface area contributed by atoms with Crippen LogP contribution in [0.3, 0.4) is 0 Å². The molecule has 3 N–H and O–H groups in total. The van der Waals surface area contributed by atoms with Gasteiger partial charge in [0.05, 0.1) is 22.5 Å². The highest BCUT2D eigenvalue weighted by Gasteiger charge is 2.37. The number of hydrogen-bond donors (Lipinski definition) is 3. The summed E-state index contributed by atoms with van der Waals surface area (Å²) in [6.45, 7) is 4.88. The number of nitrogens with zero attached hydrogens (tertiary/aromatic N) is 5. The molecular formula is C34H41ClF3N7O4. The molecule has 0 saturated carbocycles. The monoisotopic (exact) mass is 703 g/mol. The van der Waals surface area contributed by atoms with Gasteiger partial charge in [-0.15, -0.1) is 5.10 Å². The van der Waals surface area contributed by atoms with Crippen molar-refractivity contribution in [2.75, 3.05) is 52.4 Å². The minimum absolute atomic E-state index is 0.112. The molecule has 0 spiro atoms. The van der Waals surface area contributed by atoms with Gasteiger partial charge in [0.1, 0.15) is 5.75 Å². The van der Waals surface area contributed by atoms with Gasteiger partial charge in [-0.3, -0.25) is 19.5 Å². The molecular weight excluding hydrogens is 663 g/mol. The number of halogens is 4. The summed E-state index contributed by atoms with van der Waals surface area (Å²) in [6, 6.07) is 11.5. The molecule has 3 aromatic rings. The topological polar surface area (TPSA) is 127 Å². The van der Waals surface area contributed by atoms with Crippen molar-refractivity contribution in [2.45, 2.75) is 56.8 Å². The summed E-state index contributed by atoms with van der Waals surface area (Å²) >= 11 is 6.00. The average Bonchev–Trinajstić information content (AvgIpc) is 3.51. The minimum Gasteiger partial charge on any atom is -0.506 e. The van der Waals surface area contributed by atoms with E-state index in [0.717, 1.165) is 37.6 Å². The quantitative estimate of drug-likeness (QED) is 0.325. The van der Waals surface area contributed by atoms with E-state index in [9.17, 15) is 32.7 Å². The summed E-state index contributed by atoms with van der Waals surface area (Å²) in [6.07, 6.45) is -2.18. The first-order valence-corrected chi connectivity index (χ1v) is 17.2. The maximum atomic E-state index is 14.0. The second-order valence-electron chi connectivity index (χ2n) is 13.1. The van der Waals surface area contributed by atoms with Crippen molar-refractivity contribution < 1.29 is 27.9 Å². The van der Waals surface area contributed by atoms with Crippen LogP contribution in [0.25, 0.3) is 11.4 Å². The van der Waals surface area contributed by atoms with Crippen LogP contribution in [-0.2, 0) is 22.2 Å². The van der Waals surface area contributed by atoms with E-state index in [-0.39, 0.29) is 42.0 Å². The molecule has 3 fully saturated rings. The molecule has 15 heteroatoms. The lowest BCUT2D eigenvalue weighted by molar-refractivity contribution is -0.143. The fourth-order valence-corrected chi connectivity index (χ4v) is 7.51. The highest BCUT2D eigenvalue weighted by Crippen LogP contribution is 2.41. The molecule has 3 saturated heterocycles. The first-order valence-electron chi connectivity index (χ1n) is 16.8. The van der Waals surface area contributed by atoms with Crippen LogP contribution in [0.4, 0.5) is 13.2 Å². The Balaban J connectivity index is 1.14. The molecule has 11 nitrogen and oxygen atoms in total. The molecule has 0 radical (unpaired) electrons. The Morgan fingerprint density at radius 3 is 2.27 bits per heavy atom. The number of aromatic hydroxyl groups is 1. The first kappa shape index (κ1) is 35.0. The number of carbonyl (C=O) groups is 2. The zero-order valence-corrected chi connectivity index (χ0v) is 27.8. The number of amides is 2. The SMILES string of the molecule is O=C(C[C@H](Cc1cc(Cl)c(O)c(C(F)(F)F)c1)C(=O)N1CCN(C2CCNCC2)CC1)N1CCC(n2nc(-c3ccccc3)[nH]c2=O)CC1. The fraction of sp³-hybridized carbons (Fsp3) is 0.529. The Morgan fingerprint density at radius 1 is 0.939 bits per heavy atom. The van der Waals surface area contributed by atoms with Crippen LogP contribution in [0.15, 0.2) is 47.3 Å². The molecule has 2 aromatic carbocycles. The first-order chi connectivity index (χ1) is 23.5. The van der Waals surface area contributed by atoms with Crippen molar-refractivity contribution in [3.05, 3.63) is 69.1 Å². The van der Waals surface area contributed by atoms with Gasteiger partial charge in [-0.05, 0) is 62.9 Å². The summed E-state index contributed by atoms with van der Waals surface area (Å²) in [4.78, 5) is 49.0. The number of phenolic OH excluding ortho intramolecular Hbond substituents is 1. The van der Waals surface area contributed by atoms with Gasteiger partial charge in [-0.25, -0.2) is 9.48 Å². The number of H-pyrrole nitrogens is 1. The molecule has 3 aliphatic heterocycles. The molecule has 6 rings (SSSR count). The van der Waals surface area contributed by atoms with Crippen LogP contribution in [0, 0.1) is 5.92 Å². The fourth-order valence-electron chi connectivity index (χ4n) is 7.27. The third-order valence-corrected chi connectivity index (χ3v) is 10.3. The van der Waals surface area contributed by atoms with E-state index in [4.69, 9.17) is 11.6 Å². The molecule has 4 heterocycles.